The molecular formula is C29H34N6O2. The second-order valence-electron chi connectivity index (χ2n) is 9.70. The zero-order chi connectivity index (χ0) is 25.8. The van der Waals surface area contributed by atoms with E-state index in [1.807, 2.05) is 86.6 Å². The first-order valence-corrected chi connectivity index (χ1v) is 12.9. The van der Waals surface area contributed by atoms with Crippen molar-refractivity contribution in [2.45, 2.75) is 25.9 Å². The van der Waals surface area contributed by atoms with Gasteiger partial charge in [0.1, 0.15) is 6.04 Å². The van der Waals surface area contributed by atoms with Crippen LogP contribution in [0.1, 0.15) is 25.5 Å². The van der Waals surface area contributed by atoms with E-state index in [1.165, 1.54) is 0 Å². The van der Waals surface area contributed by atoms with Crippen molar-refractivity contribution in [3.63, 3.8) is 0 Å². The third kappa shape index (κ3) is 5.45. The van der Waals surface area contributed by atoms with Crippen molar-refractivity contribution in [3.05, 3.63) is 90.5 Å². The minimum atomic E-state index is -0.358. The summed E-state index contributed by atoms with van der Waals surface area (Å²) in [4.78, 5) is 32.4. The van der Waals surface area contributed by atoms with Crippen LogP contribution in [0.3, 0.4) is 0 Å². The van der Waals surface area contributed by atoms with Crippen LogP contribution in [-0.4, -0.2) is 60.7 Å². The molecule has 5 rings (SSSR count). The zero-order valence-corrected chi connectivity index (χ0v) is 21.4. The molecule has 8 nitrogen and oxygen atoms in total. The quantitative estimate of drug-likeness (QED) is 0.508. The van der Waals surface area contributed by atoms with Gasteiger partial charge in [-0.15, -0.1) is 0 Å². The minimum Gasteiger partial charge on any atom is -0.369 e. The molecule has 2 N–H and O–H groups in total. The van der Waals surface area contributed by atoms with Gasteiger partial charge in [-0.05, 0) is 55.8 Å². The molecule has 0 bridgehead atoms. The molecule has 8 heteroatoms. The molecule has 0 aromatic heterocycles. The molecule has 2 saturated heterocycles. The van der Waals surface area contributed by atoms with Gasteiger partial charge >= 0.3 is 6.03 Å². The van der Waals surface area contributed by atoms with E-state index in [9.17, 15) is 9.59 Å². The highest BCUT2D eigenvalue weighted by Crippen LogP contribution is 2.28. The largest absolute Gasteiger partial charge is 0.369 e. The van der Waals surface area contributed by atoms with Crippen molar-refractivity contribution in [1.29, 1.82) is 0 Å². The number of hydrogen-bond acceptors (Lipinski definition) is 5. The summed E-state index contributed by atoms with van der Waals surface area (Å²) in [7, 11) is 0. The predicted octanol–water partition coefficient (Wildman–Crippen LogP) is 4.30. The lowest BCUT2D eigenvalue weighted by atomic mass is 10.0. The van der Waals surface area contributed by atoms with Crippen LogP contribution in [0.25, 0.3) is 0 Å². The summed E-state index contributed by atoms with van der Waals surface area (Å²) >= 11 is 0. The second kappa shape index (κ2) is 11.0. The Balaban J connectivity index is 1.25. The van der Waals surface area contributed by atoms with E-state index in [-0.39, 0.29) is 24.0 Å². The number of rotatable bonds is 7. The number of nitrogens with one attached hydrogen (secondary N) is 2. The van der Waals surface area contributed by atoms with Crippen LogP contribution in [0.4, 0.5) is 21.9 Å². The maximum absolute atomic E-state index is 13.4. The third-order valence-electron chi connectivity index (χ3n) is 6.96. The topological polar surface area (TPSA) is 71.2 Å². The van der Waals surface area contributed by atoms with Gasteiger partial charge in [-0.1, -0.05) is 48.5 Å². The summed E-state index contributed by atoms with van der Waals surface area (Å²) < 4.78 is 0. The van der Waals surface area contributed by atoms with Crippen LogP contribution in [0.5, 0.6) is 0 Å². The molecule has 2 aliphatic rings. The van der Waals surface area contributed by atoms with Gasteiger partial charge in [0.25, 0.3) is 0 Å². The number of carbonyl (C=O) groups excluding carboxylic acids is 2. The van der Waals surface area contributed by atoms with Crippen LogP contribution in [0.15, 0.2) is 84.9 Å². The summed E-state index contributed by atoms with van der Waals surface area (Å²) in [6.07, 6.45) is 0. The Morgan fingerprint density at radius 3 is 2.00 bits per heavy atom. The smallest absolute Gasteiger partial charge is 0.340 e. The second-order valence-corrected chi connectivity index (χ2v) is 9.70. The molecule has 3 amide bonds. The van der Waals surface area contributed by atoms with Gasteiger partial charge < -0.3 is 10.2 Å². The molecule has 0 aliphatic carbocycles. The first-order chi connectivity index (χ1) is 18.0. The number of amides is 3. The highest BCUT2D eigenvalue weighted by Gasteiger charge is 2.32. The van der Waals surface area contributed by atoms with Gasteiger partial charge in [0.15, 0.2) is 0 Å². The third-order valence-corrected chi connectivity index (χ3v) is 6.96. The number of benzene rings is 3. The minimum absolute atomic E-state index is 0.0189. The van der Waals surface area contributed by atoms with E-state index in [1.54, 1.807) is 9.91 Å². The molecule has 3 aromatic rings. The molecule has 0 spiro atoms. The monoisotopic (exact) mass is 498 g/mol. The average molecular weight is 499 g/mol. The van der Waals surface area contributed by atoms with Crippen molar-refractivity contribution in [3.8, 4) is 0 Å². The van der Waals surface area contributed by atoms with Gasteiger partial charge in [0.05, 0.1) is 6.67 Å². The van der Waals surface area contributed by atoms with Gasteiger partial charge in [-0.2, -0.15) is 0 Å². The van der Waals surface area contributed by atoms with Gasteiger partial charge in [-0.3, -0.25) is 19.6 Å². The Hall–Kier alpha value is -3.88. The van der Waals surface area contributed by atoms with E-state index >= 15 is 0 Å². The summed E-state index contributed by atoms with van der Waals surface area (Å²) in [5, 5.41) is 4.75. The van der Waals surface area contributed by atoms with E-state index in [0.29, 0.717) is 6.67 Å². The maximum atomic E-state index is 13.4. The number of para-hydroxylation sites is 1. The zero-order valence-electron chi connectivity index (χ0n) is 21.4. The Kier molecular flexibility index (Phi) is 7.39. The molecule has 192 valence electrons. The van der Waals surface area contributed by atoms with E-state index in [4.69, 9.17) is 0 Å². The van der Waals surface area contributed by atoms with Gasteiger partial charge in [-0.25, -0.2) is 10.2 Å². The first kappa shape index (κ1) is 24.8. The van der Waals surface area contributed by atoms with Crippen LogP contribution in [0, 0.1) is 0 Å². The Bertz CT molecular complexity index is 1190. The number of carbonyl (C=O) groups is 2. The highest BCUT2D eigenvalue weighted by atomic mass is 16.2. The first-order valence-electron chi connectivity index (χ1n) is 12.9. The number of hydrazine groups is 1. The SMILES string of the molecule is CC(C)N1NCN(c2ccc(N3CCN(C(C(=O)Nc4ccccc4)c4ccccc4)CC3)cc2)C1=O. The fourth-order valence-corrected chi connectivity index (χ4v) is 4.99. The number of anilines is 3. The number of hydrogen-bond donors (Lipinski definition) is 2. The van der Waals surface area contributed by atoms with Crippen molar-refractivity contribution in [2.75, 3.05) is 48.0 Å². The average Bonchev–Trinajstić information content (AvgIpc) is 3.32. The Morgan fingerprint density at radius 2 is 1.41 bits per heavy atom. The molecule has 1 atom stereocenters. The molecule has 2 aliphatic heterocycles. The number of urea groups is 1. The standard InChI is InChI=1S/C29H34N6O2/c1-22(2)35-29(37)34(21-30-35)26-15-13-25(14-16-26)32-17-19-33(20-18-32)27(23-9-5-3-6-10-23)28(36)31-24-11-7-4-8-12-24/h3-16,22,27,30H,17-21H2,1-2H3,(H,31,36). The van der Waals surface area contributed by atoms with E-state index in [2.05, 4.69) is 32.7 Å². The van der Waals surface area contributed by atoms with Gasteiger partial charge in [0, 0.05) is 49.3 Å². The molecule has 0 saturated carbocycles. The molecule has 1 unspecified atom stereocenters. The van der Waals surface area contributed by atoms with Crippen LogP contribution in [0.2, 0.25) is 0 Å². The number of nitrogens with zero attached hydrogens (tertiary/aromatic N) is 4. The van der Waals surface area contributed by atoms with Crippen LogP contribution in [-0.2, 0) is 4.79 Å². The molecule has 2 heterocycles. The van der Waals surface area contributed by atoms with Crippen LogP contribution < -0.4 is 20.5 Å². The number of piperazine rings is 1. The fraction of sp³-hybridized carbons (Fsp3) is 0.310. The molecule has 3 aromatic carbocycles. The summed E-state index contributed by atoms with van der Waals surface area (Å²) in [5.74, 6) is -0.0189. The molecular weight excluding hydrogens is 464 g/mol. The normalized spacial score (nSPS) is 17.4. The molecule has 2 fully saturated rings. The van der Waals surface area contributed by atoms with Crippen molar-refractivity contribution in [2.24, 2.45) is 0 Å². The lowest BCUT2D eigenvalue weighted by molar-refractivity contribution is -0.121. The lowest BCUT2D eigenvalue weighted by Gasteiger charge is -2.39. The highest BCUT2D eigenvalue weighted by molar-refractivity contribution is 5.95. The van der Waals surface area contributed by atoms with Crippen LogP contribution >= 0.6 is 0 Å². The van der Waals surface area contributed by atoms with Gasteiger partial charge in [0.2, 0.25) is 5.91 Å². The van der Waals surface area contributed by atoms with E-state index < -0.39 is 0 Å². The van der Waals surface area contributed by atoms with Crippen molar-refractivity contribution >= 4 is 29.0 Å². The molecule has 0 radical (unpaired) electrons. The predicted molar refractivity (Wildman–Crippen MR) is 147 cm³/mol. The van der Waals surface area contributed by atoms with E-state index in [0.717, 1.165) is 48.8 Å². The Morgan fingerprint density at radius 1 is 0.811 bits per heavy atom. The van der Waals surface area contributed by atoms with Crippen molar-refractivity contribution < 1.29 is 9.59 Å². The Labute approximate surface area is 218 Å². The molecule has 37 heavy (non-hydrogen) atoms. The summed E-state index contributed by atoms with van der Waals surface area (Å²) in [5.41, 5.74) is 6.94. The summed E-state index contributed by atoms with van der Waals surface area (Å²) in [6.45, 7) is 7.61. The fourth-order valence-electron chi connectivity index (χ4n) is 4.99. The summed E-state index contributed by atoms with van der Waals surface area (Å²) in [6, 6.07) is 27.5. The maximum Gasteiger partial charge on any atom is 0.340 e. The van der Waals surface area contributed by atoms with Crippen molar-refractivity contribution in [1.82, 2.24) is 15.3 Å². The lowest BCUT2D eigenvalue weighted by Crippen LogP contribution is -2.50.